The van der Waals surface area contributed by atoms with E-state index < -0.39 is 6.10 Å². The van der Waals surface area contributed by atoms with Gasteiger partial charge < -0.3 is 19.9 Å². The summed E-state index contributed by atoms with van der Waals surface area (Å²) in [7, 11) is 1.64. The first-order valence-corrected chi connectivity index (χ1v) is 5.86. The van der Waals surface area contributed by atoms with Gasteiger partial charge in [-0.1, -0.05) is 11.6 Å². The number of benzene rings is 1. The van der Waals surface area contributed by atoms with Crippen LogP contribution in [0.4, 0.5) is 0 Å². The molecule has 0 saturated carbocycles. The Morgan fingerprint density at radius 2 is 2.06 bits per heavy atom. The van der Waals surface area contributed by atoms with E-state index in [1.54, 1.807) is 31.4 Å². The monoisotopic (exact) mass is 259 g/mol. The molecule has 4 nitrogen and oxygen atoms in total. The van der Waals surface area contributed by atoms with Crippen molar-refractivity contribution in [2.45, 2.75) is 6.10 Å². The molecule has 0 spiro atoms. The Labute approximate surface area is 106 Å². The number of aliphatic hydroxyl groups excluding tert-OH is 1. The lowest BCUT2D eigenvalue weighted by molar-refractivity contribution is 0.103. The van der Waals surface area contributed by atoms with Crippen LogP contribution in [0.15, 0.2) is 24.3 Å². The number of ether oxygens (including phenoxy) is 2. The van der Waals surface area contributed by atoms with Crippen molar-refractivity contribution in [2.24, 2.45) is 0 Å². The molecule has 0 bridgehead atoms. The lowest BCUT2D eigenvalue weighted by Gasteiger charge is -2.13. The van der Waals surface area contributed by atoms with E-state index in [1.807, 2.05) is 0 Å². The number of aliphatic hydroxyl groups is 1. The van der Waals surface area contributed by atoms with Crippen LogP contribution in [0.5, 0.6) is 5.75 Å². The van der Waals surface area contributed by atoms with Crippen LogP contribution in [0.3, 0.4) is 0 Å². The van der Waals surface area contributed by atoms with Crippen LogP contribution in [0.1, 0.15) is 0 Å². The number of hydrogen-bond acceptors (Lipinski definition) is 4. The average Bonchev–Trinajstić information content (AvgIpc) is 2.34. The van der Waals surface area contributed by atoms with Gasteiger partial charge in [-0.15, -0.1) is 0 Å². The van der Waals surface area contributed by atoms with Gasteiger partial charge in [0.1, 0.15) is 18.5 Å². The topological polar surface area (TPSA) is 50.7 Å². The maximum Gasteiger partial charge on any atom is 0.119 e. The first-order chi connectivity index (χ1) is 8.22. The summed E-state index contributed by atoms with van der Waals surface area (Å²) in [6, 6.07) is 7.04. The molecule has 0 aliphatic heterocycles. The highest BCUT2D eigenvalue weighted by Gasteiger charge is 2.04. The second-order valence-electron chi connectivity index (χ2n) is 3.62. The molecule has 0 aliphatic rings. The summed E-state index contributed by atoms with van der Waals surface area (Å²) in [5.41, 5.74) is 0. The van der Waals surface area contributed by atoms with Gasteiger partial charge in [0.15, 0.2) is 0 Å². The molecule has 0 saturated heterocycles. The van der Waals surface area contributed by atoms with E-state index in [0.29, 0.717) is 30.5 Å². The first kappa shape index (κ1) is 14.3. The fourth-order valence-electron chi connectivity index (χ4n) is 1.23. The number of halogens is 1. The Morgan fingerprint density at radius 1 is 1.35 bits per heavy atom. The lowest BCUT2D eigenvalue weighted by atomic mass is 10.3. The van der Waals surface area contributed by atoms with Crippen LogP contribution in [0.25, 0.3) is 0 Å². The molecule has 1 atom stereocenters. The van der Waals surface area contributed by atoms with Gasteiger partial charge in [0, 0.05) is 25.2 Å². The average molecular weight is 260 g/mol. The quantitative estimate of drug-likeness (QED) is 0.692. The SMILES string of the molecule is COCCNC[C@@H](O)COc1ccc(Cl)cc1. The third-order valence-electron chi connectivity index (χ3n) is 2.12. The van der Waals surface area contributed by atoms with E-state index in [4.69, 9.17) is 21.1 Å². The number of rotatable bonds is 8. The maximum atomic E-state index is 9.61. The summed E-state index contributed by atoms with van der Waals surface area (Å²) in [5.74, 6) is 0.699. The van der Waals surface area contributed by atoms with Crippen LogP contribution in [-0.2, 0) is 4.74 Å². The molecule has 17 heavy (non-hydrogen) atoms. The third-order valence-corrected chi connectivity index (χ3v) is 2.37. The van der Waals surface area contributed by atoms with Crippen LogP contribution in [0.2, 0.25) is 5.02 Å². The predicted octanol–water partition coefficient (Wildman–Crippen LogP) is 1.32. The lowest BCUT2D eigenvalue weighted by Crippen LogP contribution is -2.33. The fraction of sp³-hybridized carbons (Fsp3) is 0.500. The third kappa shape index (κ3) is 6.48. The zero-order valence-corrected chi connectivity index (χ0v) is 10.6. The van der Waals surface area contributed by atoms with Crippen molar-refractivity contribution in [1.82, 2.24) is 5.32 Å². The van der Waals surface area contributed by atoms with Crippen LogP contribution in [-0.4, -0.2) is 44.6 Å². The van der Waals surface area contributed by atoms with Crippen molar-refractivity contribution >= 4 is 11.6 Å². The van der Waals surface area contributed by atoms with Gasteiger partial charge in [0.25, 0.3) is 0 Å². The zero-order chi connectivity index (χ0) is 12.5. The molecule has 5 heteroatoms. The minimum Gasteiger partial charge on any atom is -0.491 e. The zero-order valence-electron chi connectivity index (χ0n) is 9.86. The smallest absolute Gasteiger partial charge is 0.119 e. The largest absolute Gasteiger partial charge is 0.491 e. The number of hydrogen-bond donors (Lipinski definition) is 2. The molecule has 96 valence electrons. The van der Waals surface area contributed by atoms with Gasteiger partial charge in [0.2, 0.25) is 0 Å². The molecule has 1 aromatic rings. The van der Waals surface area contributed by atoms with E-state index >= 15 is 0 Å². The number of nitrogens with one attached hydrogen (secondary N) is 1. The van der Waals surface area contributed by atoms with E-state index in [0.717, 1.165) is 0 Å². The Hall–Kier alpha value is -0.810. The summed E-state index contributed by atoms with van der Waals surface area (Å²) in [6.07, 6.45) is -0.539. The normalized spacial score (nSPS) is 12.4. The molecule has 0 radical (unpaired) electrons. The molecule has 0 fully saturated rings. The Balaban J connectivity index is 2.14. The van der Waals surface area contributed by atoms with Gasteiger partial charge in [-0.05, 0) is 24.3 Å². The van der Waals surface area contributed by atoms with Crippen molar-refractivity contribution < 1.29 is 14.6 Å². The maximum absolute atomic E-state index is 9.61. The van der Waals surface area contributed by atoms with Gasteiger partial charge >= 0.3 is 0 Å². The Bertz CT molecular complexity index is 305. The highest BCUT2D eigenvalue weighted by atomic mass is 35.5. The molecule has 2 N–H and O–H groups in total. The highest BCUT2D eigenvalue weighted by Crippen LogP contribution is 2.15. The van der Waals surface area contributed by atoms with E-state index in [9.17, 15) is 5.11 Å². The van der Waals surface area contributed by atoms with Gasteiger partial charge in [0.05, 0.1) is 6.61 Å². The predicted molar refractivity (Wildman–Crippen MR) is 67.7 cm³/mol. The van der Waals surface area contributed by atoms with Gasteiger partial charge in [-0.3, -0.25) is 0 Å². The molecule has 0 aromatic heterocycles. The van der Waals surface area contributed by atoms with Crippen LogP contribution in [0, 0.1) is 0 Å². The second-order valence-corrected chi connectivity index (χ2v) is 4.05. The van der Waals surface area contributed by atoms with Gasteiger partial charge in [-0.25, -0.2) is 0 Å². The van der Waals surface area contributed by atoms with E-state index in [1.165, 1.54) is 0 Å². The van der Waals surface area contributed by atoms with Crippen molar-refractivity contribution in [2.75, 3.05) is 33.4 Å². The van der Waals surface area contributed by atoms with Crippen LogP contribution < -0.4 is 10.1 Å². The second kappa shape index (κ2) is 8.31. The summed E-state index contributed by atoms with van der Waals surface area (Å²) < 4.78 is 10.3. The minimum atomic E-state index is -0.539. The Kier molecular flexibility index (Phi) is 6.96. The molecular formula is C12H18ClNO3. The molecule has 0 heterocycles. The van der Waals surface area contributed by atoms with Crippen molar-refractivity contribution in [1.29, 1.82) is 0 Å². The Morgan fingerprint density at radius 3 is 2.71 bits per heavy atom. The van der Waals surface area contributed by atoms with Gasteiger partial charge in [-0.2, -0.15) is 0 Å². The van der Waals surface area contributed by atoms with Crippen LogP contribution >= 0.6 is 11.6 Å². The summed E-state index contributed by atoms with van der Waals surface area (Å²) in [5, 5.41) is 13.3. The molecule has 1 rings (SSSR count). The molecule has 0 amide bonds. The van der Waals surface area contributed by atoms with Crippen molar-refractivity contribution in [3.05, 3.63) is 29.3 Å². The van der Waals surface area contributed by atoms with E-state index in [2.05, 4.69) is 5.32 Å². The summed E-state index contributed by atoms with van der Waals surface area (Å²) >= 11 is 5.75. The fourth-order valence-corrected chi connectivity index (χ4v) is 1.35. The van der Waals surface area contributed by atoms with Crippen molar-refractivity contribution in [3.8, 4) is 5.75 Å². The number of methoxy groups -OCH3 is 1. The first-order valence-electron chi connectivity index (χ1n) is 5.48. The molecule has 0 unspecified atom stereocenters. The van der Waals surface area contributed by atoms with E-state index in [-0.39, 0.29) is 6.61 Å². The highest BCUT2D eigenvalue weighted by molar-refractivity contribution is 6.30. The molecule has 1 aromatic carbocycles. The minimum absolute atomic E-state index is 0.252. The standard InChI is InChI=1S/C12H18ClNO3/c1-16-7-6-14-8-11(15)9-17-12-4-2-10(13)3-5-12/h2-5,11,14-15H,6-9H2,1H3/t11-/m1/s1. The summed E-state index contributed by atoms with van der Waals surface area (Å²) in [4.78, 5) is 0. The van der Waals surface area contributed by atoms with Crippen molar-refractivity contribution in [3.63, 3.8) is 0 Å². The molecular weight excluding hydrogens is 242 g/mol. The molecule has 0 aliphatic carbocycles. The summed E-state index contributed by atoms with van der Waals surface area (Å²) in [6.45, 7) is 2.08.